The Bertz CT molecular complexity index is 433. The Hall–Kier alpha value is -1.79. The van der Waals surface area contributed by atoms with Gasteiger partial charge in [0.1, 0.15) is 0 Å². The highest BCUT2D eigenvalue weighted by Crippen LogP contribution is 2.14. The molecular weight excluding hydrogens is 193 g/mol. The van der Waals surface area contributed by atoms with E-state index >= 15 is 0 Å². The lowest BCUT2D eigenvalue weighted by Gasteiger charge is -2.01. The quantitative estimate of drug-likeness (QED) is 0.623. The third kappa shape index (κ3) is 2.17. The molecule has 2 rings (SSSR count). The molecule has 0 atom stereocenters. The maximum atomic E-state index is 8.81. The van der Waals surface area contributed by atoms with Crippen molar-refractivity contribution < 1.29 is 10.0 Å². The Morgan fingerprint density at radius 3 is 2.07 bits per heavy atom. The third-order valence-electron chi connectivity index (χ3n) is 1.92. The van der Waals surface area contributed by atoms with Gasteiger partial charge in [-0.3, -0.25) is 4.98 Å². The van der Waals surface area contributed by atoms with Gasteiger partial charge in [0.05, 0.1) is 0 Å². The lowest BCUT2D eigenvalue weighted by Crippen LogP contribution is -2.35. The smallest absolute Gasteiger partial charge is 0.421 e. The minimum atomic E-state index is -1.63. The van der Waals surface area contributed by atoms with E-state index in [1.807, 2.05) is 12.1 Å². The van der Waals surface area contributed by atoms with Gasteiger partial charge in [0.2, 0.25) is 0 Å². The molecule has 0 saturated carbocycles. The maximum absolute atomic E-state index is 8.81. The molecule has 0 radical (unpaired) electrons. The Labute approximate surface area is 86.6 Å². The molecule has 2 aromatic rings. The summed E-state index contributed by atoms with van der Waals surface area (Å²) in [7, 11) is -1.63. The van der Waals surface area contributed by atoms with Gasteiger partial charge < -0.3 is 10.0 Å². The summed E-state index contributed by atoms with van der Waals surface area (Å²) in [5.74, 6) is 0. The van der Waals surface area contributed by atoms with Crippen LogP contribution in [0.2, 0.25) is 0 Å². The van der Waals surface area contributed by atoms with Crippen molar-refractivity contribution in [3.8, 4) is 11.1 Å². The van der Waals surface area contributed by atoms with Gasteiger partial charge in [0.25, 0.3) is 0 Å². The summed E-state index contributed by atoms with van der Waals surface area (Å²) in [6, 6.07) is 3.65. The number of pyridine rings is 1. The molecule has 15 heavy (non-hydrogen) atoms. The molecular formula is C9H8BN3O2. The van der Waals surface area contributed by atoms with Crippen molar-refractivity contribution in [3.63, 3.8) is 0 Å². The Morgan fingerprint density at radius 2 is 1.53 bits per heavy atom. The maximum Gasteiger partial charge on any atom is 0.528 e. The summed E-state index contributed by atoms with van der Waals surface area (Å²) in [6.07, 6.45) is 6.42. The van der Waals surface area contributed by atoms with E-state index < -0.39 is 7.12 Å². The molecule has 6 heteroatoms. The van der Waals surface area contributed by atoms with Crippen LogP contribution in [0.1, 0.15) is 0 Å². The highest BCUT2D eigenvalue weighted by molar-refractivity contribution is 6.56. The molecule has 2 aromatic heterocycles. The second-order valence-corrected chi connectivity index (χ2v) is 2.94. The first-order valence-electron chi connectivity index (χ1n) is 4.36. The molecule has 0 aliphatic heterocycles. The molecule has 0 saturated heterocycles. The van der Waals surface area contributed by atoms with E-state index in [4.69, 9.17) is 10.0 Å². The molecule has 5 nitrogen and oxygen atoms in total. The van der Waals surface area contributed by atoms with Crippen molar-refractivity contribution in [2.75, 3.05) is 0 Å². The summed E-state index contributed by atoms with van der Waals surface area (Å²) >= 11 is 0. The number of hydrogen-bond donors (Lipinski definition) is 2. The molecule has 0 unspecified atom stereocenters. The van der Waals surface area contributed by atoms with Crippen LogP contribution in [0, 0.1) is 0 Å². The number of rotatable bonds is 2. The molecule has 0 fully saturated rings. The molecule has 74 valence electrons. The largest absolute Gasteiger partial charge is 0.528 e. The zero-order valence-electron chi connectivity index (χ0n) is 7.78. The second-order valence-electron chi connectivity index (χ2n) is 2.94. The lowest BCUT2D eigenvalue weighted by atomic mass is 9.91. The van der Waals surface area contributed by atoms with Crippen molar-refractivity contribution in [1.29, 1.82) is 0 Å². The highest BCUT2D eigenvalue weighted by atomic mass is 16.4. The van der Waals surface area contributed by atoms with Crippen LogP contribution in [-0.4, -0.2) is 32.1 Å². The standard InChI is InChI=1S/C9H8BN3O2/c14-10(15)9-12-5-8(6-13-9)7-1-3-11-4-2-7/h1-6,14-15H. The summed E-state index contributed by atoms with van der Waals surface area (Å²) in [4.78, 5) is 11.5. The van der Waals surface area contributed by atoms with Crippen molar-refractivity contribution in [3.05, 3.63) is 36.9 Å². The van der Waals surface area contributed by atoms with Crippen LogP contribution in [0.4, 0.5) is 0 Å². The molecule has 0 amide bonds. The Balaban J connectivity index is 2.32. The van der Waals surface area contributed by atoms with Crippen LogP contribution < -0.4 is 5.72 Å². The molecule has 0 spiro atoms. The summed E-state index contributed by atoms with van der Waals surface area (Å²) in [5.41, 5.74) is 1.73. The van der Waals surface area contributed by atoms with Gasteiger partial charge in [0, 0.05) is 30.4 Å². The first-order valence-corrected chi connectivity index (χ1v) is 4.36. The molecule has 0 aromatic carbocycles. The zero-order chi connectivity index (χ0) is 10.7. The Kier molecular flexibility index (Phi) is 2.71. The van der Waals surface area contributed by atoms with E-state index in [-0.39, 0.29) is 5.72 Å². The zero-order valence-corrected chi connectivity index (χ0v) is 7.78. The normalized spacial score (nSPS) is 10.0. The first kappa shape index (κ1) is 9.76. The number of nitrogens with zero attached hydrogens (tertiary/aromatic N) is 3. The van der Waals surface area contributed by atoms with Gasteiger partial charge in [-0.05, 0) is 17.7 Å². The fraction of sp³-hybridized carbons (Fsp3) is 0. The van der Waals surface area contributed by atoms with Crippen molar-refractivity contribution in [1.82, 2.24) is 15.0 Å². The molecule has 0 aliphatic rings. The molecule has 0 bridgehead atoms. The van der Waals surface area contributed by atoms with Gasteiger partial charge in [-0.15, -0.1) is 0 Å². The van der Waals surface area contributed by atoms with Crippen molar-refractivity contribution in [2.45, 2.75) is 0 Å². The summed E-state index contributed by atoms with van der Waals surface area (Å²) in [5, 5.41) is 17.6. The summed E-state index contributed by atoms with van der Waals surface area (Å²) < 4.78 is 0. The number of aromatic nitrogens is 3. The lowest BCUT2D eigenvalue weighted by molar-refractivity contribution is 0.422. The predicted molar refractivity (Wildman–Crippen MR) is 55.1 cm³/mol. The minimum absolute atomic E-state index is 0.00666. The second kappa shape index (κ2) is 4.16. The minimum Gasteiger partial charge on any atom is -0.421 e. The van der Waals surface area contributed by atoms with E-state index in [1.165, 1.54) is 12.4 Å². The van der Waals surface area contributed by atoms with Crippen LogP contribution in [0.3, 0.4) is 0 Å². The van der Waals surface area contributed by atoms with E-state index in [9.17, 15) is 0 Å². The fourth-order valence-corrected chi connectivity index (χ4v) is 1.16. The molecule has 0 aliphatic carbocycles. The predicted octanol–water partition coefficient (Wildman–Crippen LogP) is -0.782. The van der Waals surface area contributed by atoms with Crippen molar-refractivity contribution in [2.24, 2.45) is 0 Å². The van der Waals surface area contributed by atoms with Crippen LogP contribution in [0.25, 0.3) is 11.1 Å². The third-order valence-corrected chi connectivity index (χ3v) is 1.92. The van der Waals surface area contributed by atoms with Gasteiger partial charge in [0.15, 0.2) is 5.72 Å². The summed E-state index contributed by atoms with van der Waals surface area (Å²) in [6.45, 7) is 0. The monoisotopic (exact) mass is 201 g/mol. The first-order chi connectivity index (χ1) is 7.27. The van der Waals surface area contributed by atoms with Gasteiger partial charge in [-0.25, -0.2) is 9.97 Å². The van der Waals surface area contributed by atoms with E-state index in [0.29, 0.717) is 0 Å². The fourth-order valence-electron chi connectivity index (χ4n) is 1.16. The average Bonchev–Trinajstić information content (AvgIpc) is 2.30. The van der Waals surface area contributed by atoms with E-state index in [0.717, 1.165) is 11.1 Å². The van der Waals surface area contributed by atoms with Crippen LogP contribution in [0.5, 0.6) is 0 Å². The molecule has 2 N–H and O–H groups in total. The topological polar surface area (TPSA) is 79.1 Å². The van der Waals surface area contributed by atoms with Gasteiger partial charge >= 0.3 is 7.12 Å². The van der Waals surface area contributed by atoms with Crippen LogP contribution in [0.15, 0.2) is 36.9 Å². The van der Waals surface area contributed by atoms with Crippen LogP contribution in [-0.2, 0) is 0 Å². The highest BCUT2D eigenvalue weighted by Gasteiger charge is 2.14. The van der Waals surface area contributed by atoms with Crippen molar-refractivity contribution >= 4 is 12.8 Å². The van der Waals surface area contributed by atoms with Crippen LogP contribution >= 0.6 is 0 Å². The van der Waals surface area contributed by atoms with Gasteiger partial charge in [-0.1, -0.05) is 0 Å². The Morgan fingerprint density at radius 1 is 0.933 bits per heavy atom. The average molecular weight is 201 g/mol. The van der Waals surface area contributed by atoms with E-state index in [2.05, 4.69) is 15.0 Å². The molecule has 2 heterocycles. The van der Waals surface area contributed by atoms with Gasteiger partial charge in [-0.2, -0.15) is 0 Å². The number of hydrogen-bond acceptors (Lipinski definition) is 5. The van der Waals surface area contributed by atoms with E-state index in [1.54, 1.807) is 12.4 Å². The SMILES string of the molecule is OB(O)c1ncc(-c2ccncc2)cn1.